The minimum Gasteiger partial charge on any atom is -0.495 e. The van der Waals surface area contributed by atoms with Crippen LogP contribution in [0.4, 0.5) is 11.4 Å². The average molecular weight is 515 g/mol. The third-order valence-corrected chi connectivity index (χ3v) is 6.16. The molecule has 1 fully saturated rings. The Bertz CT molecular complexity index is 1330. The van der Waals surface area contributed by atoms with Crippen molar-refractivity contribution in [3.05, 3.63) is 69.6 Å². The number of halogens is 1. The smallest absolute Gasteiger partial charge is 0.295 e. The van der Waals surface area contributed by atoms with Crippen LogP contribution in [-0.2, 0) is 26.1 Å². The molecule has 11 heteroatoms. The quantitative estimate of drug-likeness (QED) is 0.477. The van der Waals surface area contributed by atoms with Crippen LogP contribution in [0.15, 0.2) is 53.3 Å². The highest BCUT2D eigenvalue weighted by molar-refractivity contribution is 6.31. The Morgan fingerprint density at radius 1 is 1.06 bits per heavy atom. The van der Waals surface area contributed by atoms with Gasteiger partial charge in [0.15, 0.2) is 5.79 Å². The number of carbonyl (C=O) groups excluding carboxylic acids is 2. The van der Waals surface area contributed by atoms with Gasteiger partial charge in [-0.15, -0.1) is 0 Å². The Balaban J connectivity index is 1.50. The lowest BCUT2D eigenvalue weighted by Crippen LogP contribution is -2.39. The van der Waals surface area contributed by atoms with Crippen LogP contribution in [0.25, 0.3) is 5.69 Å². The monoisotopic (exact) mass is 514 g/mol. The number of carbonyl (C=O) groups is 2. The van der Waals surface area contributed by atoms with E-state index in [9.17, 15) is 14.4 Å². The molecule has 190 valence electrons. The maximum absolute atomic E-state index is 13.1. The standard InChI is InChI=1S/C25H27ClN4O6/c1-16-23(24(33)30(29(16)2)18-7-5-4-6-8-18)28-22(32)15-25(35-11-12-36-25)14-21(31)27-19-13-17(26)9-10-20(19)34-3/h4-10,13H,11-12,14-15H2,1-3H3,(H,27,31)(H,28,32). The number of hydrogen-bond acceptors (Lipinski definition) is 6. The molecule has 10 nitrogen and oxygen atoms in total. The fraction of sp³-hybridized carbons (Fsp3) is 0.320. The molecule has 1 aliphatic heterocycles. The van der Waals surface area contributed by atoms with Gasteiger partial charge < -0.3 is 24.8 Å². The minimum absolute atomic E-state index is 0.146. The van der Waals surface area contributed by atoms with Crippen LogP contribution < -0.4 is 20.9 Å². The van der Waals surface area contributed by atoms with Crippen LogP contribution in [0, 0.1) is 6.92 Å². The highest BCUT2D eigenvalue weighted by atomic mass is 35.5. The normalized spacial score (nSPS) is 14.4. The summed E-state index contributed by atoms with van der Waals surface area (Å²) in [5, 5.41) is 5.84. The molecular formula is C25H27ClN4O6. The molecule has 0 unspecified atom stereocenters. The van der Waals surface area contributed by atoms with Crippen LogP contribution in [0.1, 0.15) is 18.5 Å². The highest BCUT2D eigenvalue weighted by Gasteiger charge is 2.41. The summed E-state index contributed by atoms with van der Waals surface area (Å²) < 4.78 is 19.8. The van der Waals surface area contributed by atoms with Gasteiger partial charge in [-0.25, -0.2) is 4.68 Å². The maximum Gasteiger partial charge on any atom is 0.295 e. The Morgan fingerprint density at radius 3 is 2.33 bits per heavy atom. The van der Waals surface area contributed by atoms with Gasteiger partial charge in [0.05, 0.1) is 50.2 Å². The van der Waals surface area contributed by atoms with Gasteiger partial charge in [0, 0.05) is 12.1 Å². The maximum atomic E-state index is 13.1. The molecule has 36 heavy (non-hydrogen) atoms. The second-order valence-electron chi connectivity index (χ2n) is 8.34. The molecule has 1 aliphatic rings. The molecule has 2 heterocycles. The van der Waals surface area contributed by atoms with E-state index in [0.29, 0.717) is 27.8 Å². The molecule has 4 rings (SSSR count). The molecule has 2 N–H and O–H groups in total. The van der Waals surface area contributed by atoms with Gasteiger partial charge in [0.1, 0.15) is 11.4 Å². The van der Waals surface area contributed by atoms with Gasteiger partial charge in [-0.1, -0.05) is 29.8 Å². The Labute approximate surface area is 212 Å². The lowest BCUT2D eigenvalue weighted by atomic mass is 10.1. The van der Waals surface area contributed by atoms with Gasteiger partial charge in [-0.2, -0.15) is 0 Å². The first-order valence-electron chi connectivity index (χ1n) is 11.3. The molecule has 0 spiro atoms. The summed E-state index contributed by atoms with van der Waals surface area (Å²) >= 11 is 6.04. The number of aromatic nitrogens is 2. The van der Waals surface area contributed by atoms with Crippen molar-refractivity contribution in [2.75, 3.05) is 31.0 Å². The summed E-state index contributed by atoms with van der Waals surface area (Å²) in [6.45, 7) is 2.19. The molecule has 2 aromatic carbocycles. The van der Waals surface area contributed by atoms with E-state index in [1.807, 2.05) is 18.2 Å². The second kappa shape index (κ2) is 10.6. The fourth-order valence-electron chi connectivity index (χ4n) is 4.12. The zero-order valence-electron chi connectivity index (χ0n) is 20.2. The first-order chi connectivity index (χ1) is 17.2. The van der Waals surface area contributed by atoms with Crippen molar-refractivity contribution in [3.8, 4) is 11.4 Å². The highest BCUT2D eigenvalue weighted by Crippen LogP contribution is 2.31. The number of amides is 2. The van der Waals surface area contributed by atoms with Crippen LogP contribution in [0.3, 0.4) is 0 Å². The fourth-order valence-corrected chi connectivity index (χ4v) is 4.29. The Morgan fingerprint density at radius 2 is 1.69 bits per heavy atom. The molecule has 1 saturated heterocycles. The summed E-state index contributed by atoms with van der Waals surface area (Å²) in [7, 11) is 3.21. The molecule has 2 amide bonds. The predicted octanol–water partition coefficient (Wildman–Crippen LogP) is 3.25. The van der Waals surface area contributed by atoms with Crippen LogP contribution in [-0.4, -0.2) is 47.3 Å². The molecule has 0 saturated carbocycles. The van der Waals surface area contributed by atoms with Crippen molar-refractivity contribution in [2.45, 2.75) is 25.6 Å². The van der Waals surface area contributed by atoms with E-state index in [-0.39, 0.29) is 37.3 Å². The van der Waals surface area contributed by atoms with E-state index in [0.717, 1.165) is 0 Å². The van der Waals surface area contributed by atoms with E-state index >= 15 is 0 Å². The first-order valence-corrected chi connectivity index (χ1v) is 11.7. The number of ether oxygens (including phenoxy) is 3. The molecule has 0 bridgehead atoms. The van der Waals surface area contributed by atoms with E-state index in [4.69, 9.17) is 25.8 Å². The SMILES string of the molecule is COc1ccc(Cl)cc1NC(=O)CC1(CC(=O)Nc2c(C)n(C)n(-c3ccccc3)c2=O)OCCO1. The molecular weight excluding hydrogens is 488 g/mol. The largest absolute Gasteiger partial charge is 0.495 e. The summed E-state index contributed by atoms with van der Waals surface area (Å²) in [4.78, 5) is 39.0. The number of hydrogen-bond donors (Lipinski definition) is 2. The number of anilines is 2. The number of rotatable bonds is 8. The van der Waals surface area contributed by atoms with Crippen molar-refractivity contribution in [1.29, 1.82) is 0 Å². The third kappa shape index (κ3) is 5.30. The van der Waals surface area contributed by atoms with Gasteiger partial charge in [0.2, 0.25) is 11.8 Å². The van der Waals surface area contributed by atoms with Crippen molar-refractivity contribution >= 4 is 34.8 Å². The van der Waals surface area contributed by atoms with Crippen LogP contribution in [0.2, 0.25) is 5.02 Å². The number of nitrogens with zero attached hydrogens (tertiary/aromatic N) is 2. The van der Waals surface area contributed by atoms with Crippen molar-refractivity contribution in [1.82, 2.24) is 9.36 Å². The minimum atomic E-state index is -1.47. The number of nitrogens with one attached hydrogen (secondary N) is 2. The summed E-state index contributed by atoms with van der Waals surface area (Å²) in [6.07, 6.45) is -0.537. The van der Waals surface area contributed by atoms with Gasteiger partial charge in [-0.05, 0) is 37.3 Å². The number of methoxy groups -OCH3 is 1. The zero-order chi connectivity index (χ0) is 25.9. The summed E-state index contributed by atoms with van der Waals surface area (Å²) in [5.74, 6) is -2.01. The lowest BCUT2D eigenvalue weighted by Gasteiger charge is -2.26. The van der Waals surface area contributed by atoms with E-state index in [1.54, 1.807) is 49.0 Å². The van der Waals surface area contributed by atoms with E-state index in [1.165, 1.54) is 11.8 Å². The molecule has 1 aromatic heterocycles. The predicted molar refractivity (Wildman–Crippen MR) is 135 cm³/mol. The van der Waals surface area contributed by atoms with E-state index in [2.05, 4.69) is 10.6 Å². The van der Waals surface area contributed by atoms with Crippen molar-refractivity contribution < 1.29 is 23.8 Å². The van der Waals surface area contributed by atoms with Crippen molar-refractivity contribution in [2.24, 2.45) is 7.05 Å². The van der Waals surface area contributed by atoms with Crippen LogP contribution >= 0.6 is 11.6 Å². The lowest BCUT2D eigenvalue weighted by molar-refractivity contribution is -0.174. The van der Waals surface area contributed by atoms with Gasteiger partial charge in [-0.3, -0.25) is 19.1 Å². The number of benzene rings is 2. The topological polar surface area (TPSA) is 113 Å². The third-order valence-electron chi connectivity index (χ3n) is 5.93. The molecule has 3 aromatic rings. The Kier molecular flexibility index (Phi) is 7.48. The molecule has 0 atom stereocenters. The van der Waals surface area contributed by atoms with Gasteiger partial charge >= 0.3 is 0 Å². The number of para-hydroxylation sites is 1. The van der Waals surface area contributed by atoms with Crippen LogP contribution in [0.5, 0.6) is 5.75 Å². The first kappa shape index (κ1) is 25.5. The second-order valence-corrected chi connectivity index (χ2v) is 8.78. The van der Waals surface area contributed by atoms with E-state index < -0.39 is 17.6 Å². The zero-order valence-corrected chi connectivity index (χ0v) is 20.9. The molecule has 0 aliphatic carbocycles. The Hall–Kier alpha value is -3.60. The van der Waals surface area contributed by atoms with Crippen molar-refractivity contribution in [3.63, 3.8) is 0 Å². The summed E-state index contributed by atoms with van der Waals surface area (Å²) in [5.41, 5.74) is 1.40. The molecule has 0 radical (unpaired) electrons. The summed E-state index contributed by atoms with van der Waals surface area (Å²) in [6, 6.07) is 13.9. The average Bonchev–Trinajstić information content (AvgIpc) is 3.37. The van der Waals surface area contributed by atoms with Gasteiger partial charge in [0.25, 0.3) is 5.56 Å².